The van der Waals surface area contributed by atoms with Crippen LogP contribution >= 0.6 is 23.2 Å². The number of pyridine rings is 2. The Morgan fingerprint density at radius 2 is 0.978 bits per heavy atom. The van der Waals surface area contributed by atoms with Gasteiger partial charge in [0, 0.05) is 55.8 Å². The summed E-state index contributed by atoms with van der Waals surface area (Å²) in [5.41, 5.74) is 5.13. The molecule has 224 valence electrons. The predicted molar refractivity (Wildman–Crippen MR) is 176 cm³/mol. The van der Waals surface area contributed by atoms with Crippen molar-refractivity contribution >= 4 is 33.0 Å². The molecule has 0 bridgehead atoms. The van der Waals surface area contributed by atoms with Crippen molar-refractivity contribution in [1.29, 1.82) is 0 Å². The molecule has 6 aromatic rings. The molecular formula is C36H24Cl2F2N2O2S. The molecule has 0 aliphatic carbocycles. The van der Waals surface area contributed by atoms with Gasteiger partial charge >= 0.3 is 0 Å². The first-order chi connectivity index (χ1) is 21.7. The second-order valence-corrected chi connectivity index (χ2v) is 13.4. The normalized spacial score (nSPS) is 11.5. The van der Waals surface area contributed by atoms with Crippen LogP contribution in [0.5, 0.6) is 0 Å². The molecule has 0 saturated heterocycles. The van der Waals surface area contributed by atoms with Gasteiger partial charge in [0.05, 0.1) is 22.9 Å². The van der Waals surface area contributed by atoms with E-state index in [0.717, 1.165) is 22.3 Å². The molecule has 0 spiro atoms. The van der Waals surface area contributed by atoms with Crippen molar-refractivity contribution < 1.29 is 17.2 Å². The average Bonchev–Trinajstić information content (AvgIpc) is 3.03. The van der Waals surface area contributed by atoms with E-state index in [1.54, 1.807) is 60.9 Å². The fraction of sp³-hybridized carbons (Fsp3) is 0.0556. The molecule has 9 heteroatoms. The lowest BCUT2D eigenvalue weighted by Gasteiger charge is -2.12. The van der Waals surface area contributed by atoms with Crippen LogP contribution < -0.4 is 0 Å². The third-order valence-electron chi connectivity index (χ3n) is 7.29. The number of halogens is 4. The maximum Gasteiger partial charge on any atom is 0.158 e. The van der Waals surface area contributed by atoms with Crippen molar-refractivity contribution in [1.82, 2.24) is 9.97 Å². The number of nitrogens with zero attached hydrogens (tertiary/aromatic N) is 2. The molecule has 0 N–H and O–H groups in total. The Balaban J connectivity index is 1.23. The number of rotatable bonds is 8. The number of benzene rings is 4. The smallest absolute Gasteiger partial charge is 0.158 e. The first-order valence-electron chi connectivity index (χ1n) is 13.9. The molecule has 0 radical (unpaired) electrons. The molecule has 2 heterocycles. The van der Waals surface area contributed by atoms with E-state index in [2.05, 4.69) is 9.97 Å². The lowest BCUT2D eigenvalue weighted by Crippen LogP contribution is -2.10. The van der Waals surface area contributed by atoms with Gasteiger partial charge in [-0.2, -0.15) is 0 Å². The highest BCUT2D eigenvalue weighted by molar-refractivity contribution is 7.89. The number of aromatic nitrogens is 2. The van der Waals surface area contributed by atoms with Gasteiger partial charge < -0.3 is 0 Å². The molecule has 2 aromatic heterocycles. The highest BCUT2D eigenvalue weighted by Crippen LogP contribution is 2.34. The highest BCUT2D eigenvalue weighted by atomic mass is 35.5. The highest BCUT2D eigenvalue weighted by Gasteiger charge is 2.20. The number of hydrogen-bond acceptors (Lipinski definition) is 4. The van der Waals surface area contributed by atoms with E-state index in [0.29, 0.717) is 32.6 Å². The SMILES string of the molecule is O=S(=O)(Cc1ccc(-c2ncccc2-c2cccc(Cl)c2)cc1F)Cc1ccc(-c2ncccc2-c2cccc(Cl)c2)cc1F. The summed E-state index contributed by atoms with van der Waals surface area (Å²) in [5.74, 6) is -2.58. The first kappa shape index (κ1) is 30.6. The van der Waals surface area contributed by atoms with Crippen LogP contribution in [0.2, 0.25) is 10.0 Å². The number of sulfone groups is 1. The maximum atomic E-state index is 15.3. The summed E-state index contributed by atoms with van der Waals surface area (Å²) < 4.78 is 56.9. The summed E-state index contributed by atoms with van der Waals surface area (Å²) in [6.07, 6.45) is 3.21. The van der Waals surface area contributed by atoms with Crippen molar-refractivity contribution in [2.24, 2.45) is 0 Å². The van der Waals surface area contributed by atoms with Crippen molar-refractivity contribution in [2.45, 2.75) is 11.5 Å². The zero-order valence-electron chi connectivity index (χ0n) is 23.6. The van der Waals surface area contributed by atoms with Crippen LogP contribution in [0.25, 0.3) is 44.8 Å². The molecule has 4 nitrogen and oxygen atoms in total. The largest absolute Gasteiger partial charge is 0.256 e. The summed E-state index contributed by atoms with van der Waals surface area (Å²) in [6.45, 7) is 0. The molecule has 0 fully saturated rings. The molecule has 0 aliphatic heterocycles. The second-order valence-electron chi connectivity index (χ2n) is 10.5. The van der Waals surface area contributed by atoms with Crippen LogP contribution in [0.4, 0.5) is 8.78 Å². The molecule has 6 rings (SSSR count). The van der Waals surface area contributed by atoms with Gasteiger partial charge in [-0.1, -0.05) is 83.9 Å². The maximum absolute atomic E-state index is 15.3. The van der Waals surface area contributed by atoms with Crippen molar-refractivity contribution in [3.63, 3.8) is 0 Å². The summed E-state index contributed by atoms with van der Waals surface area (Å²) >= 11 is 12.3. The summed E-state index contributed by atoms with van der Waals surface area (Å²) in [4.78, 5) is 8.88. The average molecular weight is 658 g/mol. The molecule has 4 aromatic carbocycles. The molecule has 0 atom stereocenters. The van der Waals surface area contributed by atoms with Gasteiger partial charge in [-0.3, -0.25) is 9.97 Å². The van der Waals surface area contributed by atoms with E-state index in [1.807, 2.05) is 36.4 Å². The van der Waals surface area contributed by atoms with Gasteiger partial charge in [-0.05, 0) is 59.7 Å². The summed E-state index contributed by atoms with van der Waals surface area (Å²) in [7, 11) is -3.94. The van der Waals surface area contributed by atoms with Crippen molar-refractivity contribution in [3.8, 4) is 44.8 Å². The van der Waals surface area contributed by atoms with E-state index in [1.165, 1.54) is 24.3 Å². The molecular weight excluding hydrogens is 633 g/mol. The Morgan fingerprint density at radius 1 is 0.533 bits per heavy atom. The van der Waals surface area contributed by atoms with Crippen LogP contribution in [-0.2, 0) is 21.3 Å². The fourth-order valence-electron chi connectivity index (χ4n) is 5.20. The molecule has 45 heavy (non-hydrogen) atoms. The van der Waals surface area contributed by atoms with Crippen LogP contribution in [-0.4, -0.2) is 18.4 Å². The zero-order valence-corrected chi connectivity index (χ0v) is 25.9. The molecule has 0 unspecified atom stereocenters. The fourth-order valence-corrected chi connectivity index (χ4v) is 7.10. The van der Waals surface area contributed by atoms with Crippen LogP contribution in [0, 0.1) is 11.6 Å². The van der Waals surface area contributed by atoms with Gasteiger partial charge in [0.15, 0.2) is 9.84 Å². The first-order valence-corrected chi connectivity index (χ1v) is 16.4. The Bertz CT molecular complexity index is 2010. The number of hydrogen-bond donors (Lipinski definition) is 0. The van der Waals surface area contributed by atoms with Gasteiger partial charge in [0.25, 0.3) is 0 Å². The van der Waals surface area contributed by atoms with E-state index < -0.39 is 33.0 Å². The molecule has 0 aliphatic rings. The van der Waals surface area contributed by atoms with Gasteiger partial charge in [0.1, 0.15) is 11.6 Å². The Hall–Kier alpha value is -4.43. The Morgan fingerprint density at radius 3 is 1.38 bits per heavy atom. The molecule has 0 saturated carbocycles. The minimum atomic E-state index is -3.94. The monoisotopic (exact) mass is 656 g/mol. The third kappa shape index (κ3) is 6.96. The van der Waals surface area contributed by atoms with Gasteiger partial charge in [0.2, 0.25) is 0 Å². The van der Waals surface area contributed by atoms with E-state index in [4.69, 9.17) is 23.2 Å². The Kier molecular flexibility index (Phi) is 8.76. The predicted octanol–water partition coefficient (Wildman–Crippen LogP) is 9.84. The summed E-state index contributed by atoms with van der Waals surface area (Å²) in [6, 6.07) is 30.4. The van der Waals surface area contributed by atoms with Crippen LogP contribution in [0.1, 0.15) is 11.1 Å². The summed E-state index contributed by atoms with van der Waals surface area (Å²) in [5, 5.41) is 1.11. The van der Waals surface area contributed by atoms with Crippen molar-refractivity contribution in [3.05, 3.63) is 154 Å². The Labute approximate surface area is 269 Å². The quantitative estimate of drug-likeness (QED) is 0.164. The molecule has 0 amide bonds. The van der Waals surface area contributed by atoms with E-state index in [9.17, 15) is 8.42 Å². The minimum absolute atomic E-state index is 0.0179. The minimum Gasteiger partial charge on any atom is -0.256 e. The topological polar surface area (TPSA) is 59.9 Å². The lowest BCUT2D eigenvalue weighted by molar-refractivity contribution is 0.581. The standard InChI is InChI=1S/C36H24Cl2F2N2O2S/c37-29-7-1-5-23(17-29)31-9-3-15-41-35(31)25-11-13-27(33(39)19-25)21-45(43,44)22-28-14-12-26(20-34(28)40)36-32(10-4-16-42-36)24-6-2-8-30(38)18-24/h1-20H,21-22H2. The van der Waals surface area contributed by atoms with Crippen LogP contribution in [0.15, 0.2) is 122 Å². The third-order valence-corrected chi connectivity index (χ3v) is 9.26. The van der Waals surface area contributed by atoms with Gasteiger partial charge in [-0.15, -0.1) is 0 Å². The van der Waals surface area contributed by atoms with E-state index >= 15 is 8.78 Å². The van der Waals surface area contributed by atoms with E-state index in [-0.39, 0.29) is 11.1 Å². The lowest BCUT2D eigenvalue weighted by atomic mass is 9.98. The second kappa shape index (κ2) is 12.9. The van der Waals surface area contributed by atoms with Crippen LogP contribution in [0.3, 0.4) is 0 Å². The van der Waals surface area contributed by atoms with Crippen molar-refractivity contribution in [2.75, 3.05) is 0 Å². The zero-order chi connectivity index (χ0) is 31.6. The van der Waals surface area contributed by atoms with Gasteiger partial charge in [-0.25, -0.2) is 17.2 Å².